The molecule has 0 spiro atoms. The molecule has 1 fully saturated rings. The molecule has 1 aromatic heterocycles. The van der Waals surface area contributed by atoms with Crippen LogP contribution >= 0.6 is 15.9 Å². The van der Waals surface area contributed by atoms with Gasteiger partial charge in [-0.25, -0.2) is 4.98 Å². The van der Waals surface area contributed by atoms with Crippen molar-refractivity contribution in [2.75, 3.05) is 25.5 Å². The lowest BCUT2D eigenvalue weighted by Gasteiger charge is -2.34. The Morgan fingerprint density at radius 1 is 1.24 bits per heavy atom. The summed E-state index contributed by atoms with van der Waals surface area (Å²) in [6.07, 6.45) is 5.06. The third-order valence-corrected chi connectivity index (χ3v) is 5.34. The number of pyridine rings is 1. The van der Waals surface area contributed by atoms with E-state index in [-0.39, 0.29) is 30.9 Å². The highest BCUT2D eigenvalue weighted by molar-refractivity contribution is 9.10. The Labute approximate surface area is 157 Å². The van der Waals surface area contributed by atoms with E-state index in [2.05, 4.69) is 45.4 Å². The summed E-state index contributed by atoms with van der Waals surface area (Å²) >= 11 is 3.30. The van der Waals surface area contributed by atoms with Crippen LogP contribution in [0.4, 0.5) is 5.82 Å². The first kappa shape index (κ1) is 19.8. The summed E-state index contributed by atoms with van der Waals surface area (Å²) in [6, 6.07) is 3.78. The van der Waals surface area contributed by atoms with Crippen molar-refractivity contribution in [3.05, 3.63) is 22.8 Å². The smallest absolute Gasteiger partial charge is 0.239 e. The zero-order valence-electron chi connectivity index (χ0n) is 15.1. The van der Waals surface area contributed by atoms with E-state index >= 15 is 0 Å². The first-order valence-corrected chi connectivity index (χ1v) is 9.53. The van der Waals surface area contributed by atoms with Crippen molar-refractivity contribution in [1.82, 2.24) is 15.2 Å². The topological polar surface area (TPSA) is 74.3 Å². The van der Waals surface area contributed by atoms with Crippen LogP contribution in [-0.4, -0.2) is 47.9 Å². The Balaban J connectivity index is 1.75. The number of carbonyl (C=O) groups is 2. The van der Waals surface area contributed by atoms with Gasteiger partial charge >= 0.3 is 0 Å². The molecule has 7 heteroatoms. The second-order valence-corrected chi connectivity index (χ2v) is 7.94. The minimum Gasteiger partial charge on any atom is -0.352 e. The fourth-order valence-corrected chi connectivity index (χ4v) is 3.45. The van der Waals surface area contributed by atoms with Crippen LogP contribution in [0.3, 0.4) is 0 Å². The Kier molecular flexibility index (Phi) is 7.38. The van der Waals surface area contributed by atoms with Crippen LogP contribution in [0, 0.1) is 11.8 Å². The third-order valence-electron chi connectivity index (χ3n) is 4.88. The molecule has 0 saturated heterocycles. The van der Waals surface area contributed by atoms with Gasteiger partial charge in [-0.2, -0.15) is 0 Å². The summed E-state index contributed by atoms with van der Waals surface area (Å²) < 4.78 is 0.852. The lowest BCUT2D eigenvalue weighted by atomic mass is 9.78. The van der Waals surface area contributed by atoms with Crippen LogP contribution in [0.5, 0.6) is 0 Å². The molecular weight excluding hydrogens is 384 g/mol. The van der Waals surface area contributed by atoms with Gasteiger partial charge in [0, 0.05) is 16.7 Å². The lowest BCUT2D eigenvalue weighted by molar-refractivity contribution is -0.124. The van der Waals surface area contributed by atoms with Gasteiger partial charge in [0.2, 0.25) is 11.8 Å². The molecule has 0 radical (unpaired) electrons. The summed E-state index contributed by atoms with van der Waals surface area (Å²) in [7, 11) is 1.76. The Morgan fingerprint density at radius 3 is 2.64 bits per heavy atom. The van der Waals surface area contributed by atoms with Crippen molar-refractivity contribution < 1.29 is 9.59 Å². The molecule has 1 aliphatic carbocycles. The van der Waals surface area contributed by atoms with Crippen molar-refractivity contribution in [2.45, 2.75) is 39.2 Å². The average Bonchev–Trinajstić information content (AvgIpc) is 2.53. The number of carbonyl (C=O) groups excluding carboxylic acids is 2. The molecule has 2 N–H and O–H groups in total. The zero-order valence-corrected chi connectivity index (χ0v) is 16.7. The van der Waals surface area contributed by atoms with Crippen LogP contribution in [-0.2, 0) is 9.59 Å². The summed E-state index contributed by atoms with van der Waals surface area (Å²) in [4.78, 5) is 30.1. The second kappa shape index (κ2) is 9.29. The highest BCUT2D eigenvalue weighted by Gasteiger charge is 2.28. The molecular formula is C18H27BrN4O2. The molecule has 0 bridgehead atoms. The maximum atomic E-state index is 12.2. The van der Waals surface area contributed by atoms with Gasteiger partial charge in [-0.15, -0.1) is 0 Å². The number of amides is 2. The number of hydrogen-bond donors (Lipinski definition) is 2. The molecule has 1 saturated carbocycles. The maximum absolute atomic E-state index is 12.2. The van der Waals surface area contributed by atoms with Gasteiger partial charge in [0.25, 0.3) is 0 Å². The predicted molar refractivity (Wildman–Crippen MR) is 102 cm³/mol. The number of nitrogens with one attached hydrogen (secondary N) is 2. The normalized spacial score (nSPS) is 23.3. The van der Waals surface area contributed by atoms with Crippen LogP contribution < -0.4 is 10.6 Å². The van der Waals surface area contributed by atoms with Crippen LogP contribution in [0.2, 0.25) is 0 Å². The van der Waals surface area contributed by atoms with Gasteiger partial charge in [0.15, 0.2) is 0 Å². The number of anilines is 1. The summed E-state index contributed by atoms with van der Waals surface area (Å²) in [5.74, 6) is 1.42. The van der Waals surface area contributed by atoms with Crippen molar-refractivity contribution in [2.24, 2.45) is 11.8 Å². The highest BCUT2D eigenvalue weighted by atomic mass is 79.9. The molecule has 6 nitrogen and oxygen atoms in total. The Morgan fingerprint density at radius 2 is 1.96 bits per heavy atom. The molecule has 0 aliphatic heterocycles. The Bertz CT molecular complexity index is 593. The van der Waals surface area contributed by atoms with Crippen molar-refractivity contribution in [3.8, 4) is 0 Å². The number of aromatic nitrogens is 1. The summed E-state index contributed by atoms with van der Waals surface area (Å²) in [5.41, 5.74) is 0. The van der Waals surface area contributed by atoms with Gasteiger partial charge in [-0.05, 0) is 53.4 Å². The minimum atomic E-state index is -0.190. The molecule has 1 heterocycles. The molecule has 0 aromatic carbocycles. The van der Waals surface area contributed by atoms with Crippen LogP contribution in [0.1, 0.15) is 33.1 Å². The summed E-state index contributed by atoms with van der Waals surface area (Å²) in [5, 5.41) is 5.85. The van der Waals surface area contributed by atoms with E-state index in [1.165, 1.54) is 6.42 Å². The van der Waals surface area contributed by atoms with Gasteiger partial charge in [-0.3, -0.25) is 14.5 Å². The standard InChI is InChI=1S/C18H27BrN4O2/c1-12-5-4-6-15(13(12)2)21-17(24)10-23(3)11-18(25)22-16-8-7-14(19)9-20-16/h7-9,12-13,15H,4-6,10-11H2,1-3H3,(H,21,24)(H,20,22,25). The SMILES string of the molecule is CC1CCCC(NC(=O)CN(C)CC(=O)Nc2ccc(Br)cn2)C1C. The molecule has 2 rings (SSSR count). The van der Waals surface area contributed by atoms with Crippen LogP contribution in [0.25, 0.3) is 0 Å². The van der Waals surface area contributed by atoms with E-state index in [1.807, 2.05) is 6.07 Å². The van der Waals surface area contributed by atoms with Gasteiger partial charge in [0.1, 0.15) is 5.82 Å². The Hall–Kier alpha value is -1.47. The number of nitrogens with zero attached hydrogens (tertiary/aromatic N) is 2. The van der Waals surface area contributed by atoms with Gasteiger partial charge in [-0.1, -0.05) is 26.7 Å². The first-order valence-electron chi connectivity index (χ1n) is 8.74. The largest absolute Gasteiger partial charge is 0.352 e. The van der Waals surface area contributed by atoms with Crippen molar-refractivity contribution in [1.29, 1.82) is 0 Å². The zero-order chi connectivity index (χ0) is 18.4. The van der Waals surface area contributed by atoms with Crippen molar-refractivity contribution >= 4 is 33.6 Å². The lowest BCUT2D eigenvalue weighted by Crippen LogP contribution is -2.47. The number of rotatable bonds is 6. The first-order chi connectivity index (χ1) is 11.8. The molecule has 138 valence electrons. The van der Waals surface area contributed by atoms with E-state index in [1.54, 1.807) is 24.2 Å². The van der Waals surface area contributed by atoms with E-state index in [4.69, 9.17) is 0 Å². The fourth-order valence-electron chi connectivity index (χ4n) is 3.22. The molecule has 3 atom stereocenters. The molecule has 2 amide bonds. The van der Waals surface area contributed by atoms with E-state index in [9.17, 15) is 9.59 Å². The molecule has 1 aliphatic rings. The second-order valence-electron chi connectivity index (χ2n) is 7.02. The fraction of sp³-hybridized carbons (Fsp3) is 0.611. The highest BCUT2D eigenvalue weighted by Crippen LogP contribution is 2.29. The number of likely N-dealkylation sites (N-methyl/N-ethyl adjacent to an activating group) is 1. The molecule has 3 unspecified atom stereocenters. The van der Waals surface area contributed by atoms with E-state index in [0.29, 0.717) is 17.7 Å². The average molecular weight is 411 g/mol. The van der Waals surface area contributed by atoms with Crippen LogP contribution in [0.15, 0.2) is 22.8 Å². The third kappa shape index (κ3) is 6.40. The number of halogens is 1. The van der Waals surface area contributed by atoms with E-state index < -0.39 is 0 Å². The minimum absolute atomic E-state index is 0.0250. The van der Waals surface area contributed by atoms with E-state index in [0.717, 1.165) is 17.3 Å². The molecule has 25 heavy (non-hydrogen) atoms. The predicted octanol–water partition coefficient (Wildman–Crippen LogP) is 2.66. The van der Waals surface area contributed by atoms with Gasteiger partial charge in [0.05, 0.1) is 13.1 Å². The molecule has 1 aromatic rings. The summed E-state index contributed by atoms with van der Waals surface area (Å²) in [6.45, 7) is 4.80. The van der Waals surface area contributed by atoms with Crippen molar-refractivity contribution in [3.63, 3.8) is 0 Å². The monoisotopic (exact) mass is 410 g/mol. The van der Waals surface area contributed by atoms with Gasteiger partial charge < -0.3 is 10.6 Å². The quantitative estimate of drug-likeness (QED) is 0.755. The number of hydrogen-bond acceptors (Lipinski definition) is 4. The maximum Gasteiger partial charge on any atom is 0.239 e.